The summed E-state index contributed by atoms with van der Waals surface area (Å²) in [6.07, 6.45) is 6.60. The zero-order chi connectivity index (χ0) is 11.7. The van der Waals surface area contributed by atoms with Gasteiger partial charge in [-0.25, -0.2) is 4.98 Å². The van der Waals surface area contributed by atoms with Gasteiger partial charge in [0.2, 0.25) is 0 Å². The normalized spacial score (nSPS) is 30.2. The van der Waals surface area contributed by atoms with E-state index in [-0.39, 0.29) is 0 Å². The van der Waals surface area contributed by atoms with Crippen LogP contribution in [-0.4, -0.2) is 36.6 Å². The molecule has 4 nitrogen and oxygen atoms in total. The van der Waals surface area contributed by atoms with Crippen LogP contribution >= 0.6 is 0 Å². The molecule has 3 rings (SSSR count). The standard InChI is InChI=1S/C13H21N3O/c1-16-6-2-3-12(16)11-9-17-13(15-11)7-10-4-5-14-8-10/h9-10,12,14H,2-8H2,1H3. The molecule has 0 radical (unpaired) electrons. The maximum absolute atomic E-state index is 5.62. The molecule has 1 N–H and O–H groups in total. The third-order valence-corrected chi connectivity index (χ3v) is 4.06. The van der Waals surface area contributed by atoms with Gasteiger partial charge >= 0.3 is 0 Å². The lowest BCUT2D eigenvalue weighted by atomic mass is 10.1. The topological polar surface area (TPSA) is 41.3 Å². The Balaban J connectivity index is 1.65. The fourth-order valence-electron chi connectivity index (χ4n) is 2.99. The molecule has 2 aliphatic rings. The molecule has 0 saturated carbocycles. The van der Waals surface area contributed by atoms with Crippen molar-refractivity contribution in [1.82, 2.24) is 15.2 Å². The van der Waals surface area contributed by atoms with E-state index in [0.717, 1.165) is 31.1 Å². The van der Waals surface area contributed by atoms with Crippen molar-refractivity contribution in [3.8, 4) is 0 Å². The van der Waals surface area contributed by atoms with E-state index in [4.69, 9.17) is 4.42 Å². The van der Waals surface area contributed by atoms with Gasteiger partial charge in [-0.05, 0) is 51.9 Å². The molecule has 2 aliphatic heterocycles. The van der Waals surface area contributed by atoms with Gasteiger partial charge in [-0.1, -0.05) is 0 Å². The molecule has 1 aromatic heterocycles. The number of likely N-dealkylation sites (tertiary alicyclic amines) is 1. The zero-order valence-corrected chi connectivity index (χ0v) is 10.5. The molecule has 0 aromatic carbocycles. The summed E-state index contributed by atoms with van der Waals surface area (Å²) in [4.78, 5) is 7.04. The first-order chi connectivity index (χ1) is 8.33. The summed E-state index contributed by atoms with van der Waals surface area (Å²) in [7, 11) is 2.17. The predicted octanol–water partition coefficient (Wildman–Crippen LogP) is 1.59. The number of rotatable bonds is 3. The lowest BCUT2D eigenvalue weighted by Gasteiger charge is -2.15. The Morgan fingerprint density at radius 1 is 1.53 bits per heavy atom. The Morgan fingerprint density at radius 2 is 2.47 bits per heavy atom. The van der Waals surface area contributed by atoms with Gasteiger partial charge in [0.05, 0.1) is 11.7 Å². The van der Waals surface area contributed by atoms with Crippen LogP contribution in [0.5, 0.6) is 0 Å². The predicted molar refractivity (Wildman–Crippen MR) is 65.8 cm³/mol. The lowest BCUT2D eigenvalue weighted by molar-refractivity contribution is 0.311. The smallest absolute Gasteiger partial charge is 0.194 e. The first-order valence-electron chi connectivity index (χ1n) is 6.68. The Bertz CT molecular complexity index is 370. The van der Waals surface area contributed by atoms with Crippen molar-refractivity contribution in [2.24, 2.45) is 5.92 Å². The highest BCUT2D eigenvalue weighted by molar-refractivity contribution is 5.06. The van der Waals surface area contributed by atoms with Crippen molar-refractivity contribution in [1.29, 1.82) is 0 Å². The van der Waals surface area contributed by atoms with Crippen LogP contribution in [0.2, 0.25) is 0 Å². The highest BCUT2D eigenvalue weighted by Crippen LogP contribution is 2.30. The van der Waals surface area contributed by atoms with Crippen molar-refractivity contribution >= 4 is 0 Å². The van der Waals surface area contributed by atoms with Gasteiger partial charge in [-0.2, -0.15) is 0 Å². The van der Waals surface area contributed by atoms with Crippen molar-refractivity contribution in [2.45, 2.75) is 31.7 Å². The molecule has 94 valence electrons. The van der Waals surface area contributed by atoms with Crippen molar-refractivity contribution in [3.05, 3.63) is 17.8 Å². The summed E-state index contributed by atoms with van der Waals surface area (Å²) in [5.41, 5.74) is 1.13. The van der Waals surface area contributed by atoms with Crippen molar-refractivity contribution < 1.29 is 4.42 Å². The minimum absolute atomic E-state index is 0.481. The van der Waals surface area contributed by atoms with E-state index in [1.165, 1.54) is 25.8 Å². The summed E-state index contributed by atoms with van der Waals surface area (Å²) in [5.74, 6) is 1.64. The average molecular weight is 235 g/mol. The average Bonchev–Trinajstić information content (AvgIpc) is 3.00. The largest absolute Gasteiger partial charge is 0.449 e. The summed E-state index contributed by atoms with van der Waals surface area (Å²) in [6, 6.07) is 0.481. The van der Waals surface area contributed by atoms with Crippen LogP contribution in [0.4, 0.5) is 0 Å². The molecule has 0 aliphatic carbocycles. The summed E-state index contributed by atoms with van der Waals surface area (Å²) >= 11 is 0. The minimum Gasteiger partial charge on any atom is -0.449 e. The van der Waals surface area contributed by atoms with E-state index in [9.17, 15) is 0 Å². The zero-order valence-electron chi connectivity index (χ0n) is 10.5. The third kappa shape index (κ3) is 2.38. The number of nitrogens with one attached hydrogen (secondary N) is 1. The Morgan fingerprint density at radius 3 is 3.18 bits per heavy atom. The second-order valence-corrected chi connectivity index (χ2v) is 5.37. The van der Waals surface area contributed by atoms with E-state index >= 15 is 0 Å². The summed E-state index contributed by atoms with van der Waals surface area (Å²) in [5, 5.41) is 3.38. The van der Waals surface area contributed by atoms with Crippen LogP contribution < -0.4 is 5.32 Å². The van der Waals surface area contributed by atoms with Crippen LogP contribution in [0.15, 0.2) is 10.7 Å². The second kappa shape index (κ2) is 4.78. The number of aromatic nitrogens is 1. The van der Waals surface area contributed by atoms with Gasteiger partial charge in [0.1, 0.15) is 6.26 Å². The van der Waals surface area contributed by atoms with Crippen LogP contribution in [0.3, 0.4) is 0 Å². The maximum Gasteiger partial charge on any atom is 0.194 e. The van der Waals surface area contributed by atoms with Gasteiger partial charge < -0.3 is 9.73 Å². The van der Waals surface area contributed by atoms with E-state index in [2.05, 4.69) is 22.2 Å². The van der Waals surface area contributed by atoms with Gasteiger partial charge in [0.15, 0.2) is 5.89 Å². The second-order valence-electron chi connectivity index (χ2n) is 5.37. The molecule has 0 amide bonds. The molecular formula is C13H21N3O. The molecule has 2 atom stereocenters. The monoisotopic (exact) mass is 235 g/mol. The Hall–Kier alpha value is -0.870. The first kappa shape index (κ1) is 11.2. The molecular weight excluding hydrogens is 214 g/mol. The molecule has 17 heavy (non-hydrogen) atoms. The molecule has 4 heteroatoms. The lowest BCUT2D eigenvalue weighted by Crippen LogP contribution is -2.17. The number of oxazole rings is 1. The van der Waals surface area contributed by atoms with Gasteiger partial charge in [-0.15, -0.1) is 0 Å². The highest BCUT2D eigenvalue weighted by atomic mass is 16.3. The van der Waals surface area contributed by atoms with E-state index < -0.39 is 0 Å². The highest BCUT2D eigenvalue weighted by Gasteiger charge is 2.26. The van der Waals surface area contributed by atoms with Gasteiger partial charge in [0.25, 0.3) is 0 Å². The first-order valence-corrected chi connectivity index (χ1v) is 6.68. The molecule has 2 unspecified atom stereocenters. The minimum atomic E-state index is 0.481. The Kier molecular flexibility index (Phi) is 3.16. The number of hydrogen-bond acceptors (Lipinski definition) is 4. The van der Waals surface area contributed by atoms with Crippen LogP contribution in [0.25, 0.3) is 0 Å². The molecule has 2 saturated heterocycles. The molecule has 2 fully saturated rings. The van der Waals surface area contributed by atoms with Gasteiger partial charge in [-0.3, -0.25) is 4.90 Å². The van der Waals surface area contributed by atoms with Crippen LogP contribution in [0, 0.1) is 5.92 Å². The summed E-state index contributed by atoms with van der Waals surface area (Å²) < 4.78 is 5.62. The number of hydrogen-bond donors (Lipinski definition) is 1. The van der Waals surface area contributed by atoms with E-state index in [0.29, 0.717) is 12.0 Å². The molecule has 0 bridgehead atoms. The fourth-order valence-corrected chi connectivity index (χ4v) is 2.99. The third-order valence-electron chi connectivity index (χ3n) is 4.06. The number of nitrogens with zero attached hydrogens (tertiary/aromatic N) is 2. The SMILES string of the molecule is CN1CCCC1c1coc(CC2CCNC2)n1. The quantitative estimate of drug-likeness (QED) is 0.864. The van der Waals surface area contributed by atoms with Crippen LogP contribution in [0.1, 0.15) is 36.9 Å². The molecule has 3 heterocycles. The van der Waals surface area contributed by atoms with Crippen molar-refractivity contribution in [2.75, 3.05) is 26.7 Å². The summed E-state index contributed by atoms with van der Waals surface area (Å²) in [6.45, 7) is 3.43. The van der Waals surface area contributed by atoms with E-state index in [1.54, 1.807) is 0 Å². The maximum atomic E-state index is 5.62. The van der Waals surface area contributed by atoms with Gasteiger partial charge in [0, 0.05) is 6.42 Å². The molecule has 1 aromatic rings. The molecule has 0 spiro atoms. The van der Waals surface area contributed by atoms with Crippen LogP contribution in [-0.2, 0) is 6.42 Å². The van der Waals surface area contributed by atoms with E-state index in [1.807, 2.05) is 6.26 Å². The fraction of sp³-hybridized carbons (Fsp3) is 0.769. The Labute approximate surface area is 102 Å². The van der Waals surface area contributed by atoms with Crippen molar-refractivity contribution in [3.63, 3.8) is 0 Å².